The maximum atomic E-state index is 13.0. The lowest BCUT2D eigenvalue weighted by Crippen LogP contribution is -2.32. The van der Waals surface area contributed by atoms with E-state index in [0.717, 1.165) is 52.4 Å². The molecule has 5 rings (SSSR count). The summed E-state index contributed by atoms with van der Waals surface area (Å²) in [4.78, 5) is 38.1. The topological polar surface area (TPSA) is 138 Å². The van der Waals surface area contributed by atoms with Gasteiger partial charge in [0.2, 0.25) is 0 Å². The first-order valence-corrected chi connectivity index (χ1v) is 14.2. The highest BCUT2D eigenvalue weighted by Crippen LogP contribution is 2.35. The summed E-state index contributed by atoms with van der Waals surface area (Å²) in [6, 6.07) is 5.93. The molecule has 11 heteroatoms. The minimum atomic E-state index is -1.05. The van der Waals surface area contributed by atoms with Gasteiger partial charge in [-0.25, -0.2) is 14.5 Å². The second kappa shape index (κ2) is 12.1. The monoisotopic (exact) mass is 559 g/mol. The van der Waals surface area contributed by atoms with Gasteiger partial charge < -0.3 is 25.0 Å². The molecule has 1 fully saturated rings. The van der Waals surface area contributed by atoms with Crippen molar-refractivity contribution in [3.63, 3.8) is 0 Å². The van der Waals surface area contributed by atoms with Crippen molar-refractivity contribution in [2.75, 3.05) is 19.7 Å². The molecule has 4 heterocycles. The number of imidazole rings is 1. The minimum absolute atomic E-state index is 0.0982. The van der Waals surface area contributed by atoms with Gasteiger partial charge in [-0.05, 0) is 82.2 Å². The average Bonchev–Trinajstić information content (AvgIpc) is 3.60. The lowest BCUT2D eigenvalue weighted by atomic mass is 9.95. The van der Waals surface area contributed by atoms with Crippen LogP contribution in [0.5, 0.6) is 0 Å². The van der Waals surface area contributed by atoms with Gasteiger partial charge in [0.15, 0.2) is 12.1 Å². The second-order valence-electron chi connectivity index (χ2n) is 10.5. The van der Waals surface area contributed by atoms with Gasteiger partial charge in [-0.15, -0.1) is 0 Å². The van der Waals surface area contributed by atoms with E-state index in [4.69, 9.17) is 14.9 Å². The van der Waals surface area contributed by atoms with Crippen molar-refractivity contribution in [3.05, 3.63) is 53.6 Å². The fourth-order valence-corrected chi connectivity index (χ4v) is 5.51. The Labute approximate surface area is 238 Å². The predicted octanol–water partition coefficient (Wildman–Crippen LogP) is 5.18. The number of nitrogens with one attached hydrogen (secondary N) is 2. The molecule has 2 unspecified atom stereocenters. The van der Waals surface area contributed by atoms with E-state index >= 15 is 0 Å². The van der Waals surface area contributed by atoms with Gasteiger partial charge in [0.25, 0.3) is 5.91 Å². The van der Waals surface area contributed by atoms with E-state index in [1.165, 1.54) is 0 Å². The zero-order valence-electron chi connectivity index (χ0n) is 24.0. The van der Waals surface area contributed by atoms with Crippen LogP contribution in [0.15, 0.2) is 36.8 Å². The van der Waals surface area contributed by atoms with E-state index in [1.807, 2.05) is 44.6 Å². The van der Waals surface area contributed by atoms with E-state index in [0.29, 0.717) is 43.3 Å². The standard InChI is InChI=1S/C30H37N7O4/c1-5-36(6-2)29(38)24-17-32-28(34-24)27-22-14-20(10-11-25(22)37(35-27)26-9-7-8-12-41-26)23-16-31-15-21(19(23)4)13-18(3)33-30(39)40/h10-11,14-18,26,33H,5-9,12-13H2,1-4H3,(H,32,34)(H,39,40). The van der Waals surface area contributed by atoms with E-state index in [2.05, 4.69) is 32.4 Å². The summed E-state index contributed by atoms with van der Waals surface area (Å²) >= 11 is 0. The molecule has 1 saturated heterocycles. The van der Waals surface area contributed by atoms with Gasteiger partial charge in [0.1, 0.15) is 11.4 Å². The Morgan fingerprint density at radius 2 is 2.02 bits per heavy atom. The summed E-state index contributed by atoms with van der Waals surface area (Å²) in [5.74, 6) is 0.424. The van der Waals surface area contributed by atoms with Crippen LogP contribution in [-0.2, 0) is 11.2 Å². The largest absolute Gasteiger partial charge is 0.465 e. The number of aromatic nitrogens is 5. The van der Waals surface area contributed by atoms with Crippen LogP contribution >= 0.6 is 0 Å². The Balaban J connectivity index is 1.58. The zero-order valence-corrected chi connectivity index (χ0v) is 24.0. The van der Waals surface area contributed by atoms with Crippen LogP contribution < -0.4 is 5.32 Å². The van der Waals surface area contributed by atoms with Gasteiger partial charge in [-0.3, -0.25) is 9.78 Å². The smallest absolute Gasteiger partial charge is 0.404 e. The lowest BCUT2D eigenvalue weighted by molar-refractivity contribution is -0.0365. The number of ether oxygens (including phenoxy) is 1. The first kappa shape index (κ1) is 28.3. The first-order chi connectivity index (χ1) is 19.8. The molecule has 1 aliphatic rings. The Hall–Kier alpha value is -4.25. The van der Waals surface area contributed by atoms with Crippen LogP contribution in [0.4, 0.5) is 4.79 Å². The number of rotatable bonds is 9. The van der Waals surface area contributed by atoms with Crippen LogP contribution in [0, 0.1) is 6.92 Å². The van der Waals surface area contributed by atoms with Gasteiger partial charge in [0.05, 0.1) is 11.7 Å². The fraction of sp³-hybridized carbons (Fsp3) is 0.433. The molecule has 3 aromatic heterocycles. The third-order valence-electron chi connectivity index (χ3n) is 7.74. The molecular formula is C30H37N7O4. The van der Waals surface area contributed by atoms with Crippen LogP contribution in [0.2, 0.25) is 0 Å². The number of carbonyl (C=O) groups is 2. The second-order valence-corrected chi connectivity index (χ2v) is 10.5. The number of hydrogen-bond donors (Lipinski definition) is 3. The van der Waals surface area contributed by atoms with E-state index in [-0.39, 0.29) is 18.2 Å². The highest BCUT2D eigenvalue weighted by atomic mass is 16.5. The highest BCUT2D eigenvalue weighted by Gasteiger charge is 2.25. The Morgan fingerprint density at radius 1 is 1.22 bits per heavy atom. The number of carboxylic acid groups (broad SMARTS) is 1. The molecule has 1 aliphatic heterocycles. The van der Waals surface area contributed by atoms with Crippen LogP contribution in [0.3, 0.4) is 0 Å². The Kier molecular flexibility index (Phi) is 8.34. The Bertz CT molecular complexity index is 1550. The number of fused-ring (bicyclic) bond motifs is 1. The average molecular weight is 560 g/mol. The van der Waals surface area contributed by atoms with Crippen molar-refractivity contribution < 1.29 is 19.4 Å². The number of pyridine rings is 1. The first-order valence-electron chi connectivity index (χ1n) is 14.2. The number of benzene rings is 1. The summed E-state index contributed by atoms with van der Waals surface area (Å²) in [6.45, 7) is 9.69. The van der Waals surface area contributed by atoms with E-state index in [9.17, 15) is 9.59 Å². The third-order valence-corrected chi connectivity index (χ3v) is 7.74. The molecule has 0 aliphatic carbocycles. The van der Waals surface area contributed by atoms with Gasteiger partial charge in [-0.1, -0.05) is 6.07 Å². The van der Waals surface area contributed by atoms with Gasteiger partial charge in [0, 0.05) is 49.1 Å². The maximum Gasteiger partial charge on any atom is 0.404 e. The molecule has 216 valence electrons. The van der Waals surface area contributed by atoms with Crippen LogP contribution in [0.1, 0.15) is 67.9 Å². The number of H-pyrrole nitrogens is 1. The molecule has 2 atom stereocenters. The molecule has 3 N–H and O–H groups in total. The van der Waals surface area contributed by atoms with Crippen molar-refractivity contribution in [3.8, 4) is 22.6 Å². The number of aromatic amines is 1. The number of nitrogens with zero attached hydrogens (tertiary/aromatic N) is 5. The molecule has 0 spiro atoms. The third kappa shape index (κ3) is 5.81. The summed E-state index contributed by atoms with van der Waals surface area (Å²) in [7, 11) is 0. The fourth-order valence-electron chi connectivity index (χ4n) is 5.51. The molecule has 1 aromatic carbocycles. The molecular weight excluding hydrogens is 522 g/mol. The molecule has 4 aromatic rings. The highest BCUT2D eigenvalue weighted by molar-refractivity contribution is 5.97. The summed E-state index contributed by atoms with van der Waals surface area (Å²) in [5, 5.41) is 17.5. The maximum absolute atomic E-state index is 13.0. The molecule has 2 amide bonds. The minimum Gasteiger partial charge on any atom is -0.465 e. The van der Waals surface area contributed by atoms with Crippen molar-refractivity contribution in [2.45, 2.75) is 65.6 Å². The van der Waals surface area contributed by atoms with Gasteiger partial charge in [-0.2, -0.15) is 5.10 Å². The number of amides is 2. The van der Waals surface area contributed by atoms with E-state index in [1.54, 1.807) is 17.3 Å². The summed E-state index contributed by atoms with van der Waals surface area (Å²) in [6.07, 6.45) is 7.47. The molecule has 0 saturated carbocycles. The molecule has 0 radical (unpaired) electrons. The number of carbonyl (C=O) groups excluding carboxylic acids is 1. The zero-order chi connectivity index (χ0) is 29.1. The molecule has 11 nitrogen and oxygen atoms in total. The quantitative estimate of drug-likeness (QED) is 0.257. The predicted molar refractivity (Wildman–Crippen MR) is 156 cm³/mol. The summed E-state index contributed by atoms with van der Waals surface area (Å²) < 4.78 is 8.02. The molecule has 0 bridgehead atoms. The van der Waals surface area contributed by atoms with Crippen LogP contribution in [0.25, 0.3) is 33.5 Å². The van der Waals surface area contributed by atoms with Gasteiger partial charge >= 0.3 is 6.09 Å². The number of hydrogen-bond acceptors (Lipinski definition) is 6. The van der Waals surface area contributed by atoms with Crippen molar-refractivity contribution in [2.24, 2.45) is 0 Å². The lowest BCUT2D eigenvalue weighted by Gasteiger charge is -2.23. The van der Waals surface area contributed by atoms with Crippen molar-refractivity contribution in [1.29, 1.82) is 0 Å². The SMILES string of the molecule is CCN(CC)C(=O)c1cnc(-c2nn(C3CCCCO3)c3ccc(-c4cncc(CC(C)NC(=O)O)c4C)cc23)[nH]1. The summed E-state index contributed by atoms with van der Waals surface area (Å²) in [5.41, 5.74) is 5.92. The normalized spacial score (nSPS) is 16.0. The Morgan fingerprint density at radius 3 is 2.73 bits per heavy atom. The van der Waals surface area contributed by atoms with Crippen molar-refractivity contribution in [1.82, 2.24) is 34.9 Å². The van der Waals surface area contributed by atoms with E-state index < -0.39 is 6.09 Å². The molecule has 41 heavy (non-hydrogen) atoms. The van der Waals surface area contributed by atoms with Crippen molar-refractivity contribution >= 4 is 22.9 Å². The van der Waals surface area contributed by atoms with Crippen LogP contribution in [-0.4, -0.2) is 72.5 Å².